The van der Waals surface area contributed by atoms with Gasteiger partial charge in [0.25, 0.3) is 11.5 Å². The predicted octanol–water partition coefficient (Wildman–Crippen LogP) is 2.39. The summed E-state index contributed by atoms with van der Waals surface area (Å²) in [6.07, 6.45) is 4.78. The van der Waals surface area contributed by atoms with Gasteiger partial charge < -0.3 is 14.2 Å². The maximum atomic E-state index is 13.5. The first-order valence-corrected chi connectivity index (χ1v) is 11.3. The molecule has 0 bridgehead atoms. The van der Waals surface area contributed by atoms with Crippen molar-refractivity contribution in [1.29, 1.82) is 0 Å². The molecule has 4 rings (SSSR count). The lowest BCUT2D eigenvalue weighted by Gasteiger charge is -2.21. The van der Waals surface area contributed by atoms with Crippen LogP contribution in [0.2, 0.25) is 0 Å². The number of carbonyl (C=O) groups is 1. The molecule has 34 heavy (non-hydrogen) atoms. The predicted molar refractivity (Wildman–Crippen MR) is 128 cm³/mol. The average Bonchev–Trinajstić information content (AvgIpc) is 3.12. The van der Waals surface area contributed by atoms with Crippen LogP contribution in [0.4, 0.5) is 0 Å². The van der Waals surface area contributed by atoms with Crippen LogP contribution < -0.4 is 10.3 Å². The van der Waals surface area contributed by atoms with Crippen LogP contribution in [0.25, 0.3) is 6.08 Å². The zero-order valence-electron chi connectivity index (χ0n) is 19.7. The molecule has 0 aliphatic carbocycles. The number of carbonyl (C=O) groups excluding carboxylic acids is 1. The molecule has 2 aromatic heterocycles. The summed E-state index contributed by atoms with van der Waals surface area (Å²) in [4.78, 5) is 30.2. The number of aryl methyl sites for hydroxylation is 1. The van der Waals surface area contributed by atoms with Crippen LogP contribution in [-0.2, 0) is 19.5 Å². The van der Waals surface area contributed by atoms with Crippen molar-refractivity contribution in [3.63, 3.8) is 0 Å². The van der Waals surface area contributed by atoms with E-state index in [4.69, 9.17) is 9.37 Å². The van der Waals surface area contributed by atoms with Gasteiger partial charge in [-0.15, -0.1) is 0 Å². The van der Waals surface area contributed by atoms with Gasteiger partial charge >= 0.3 is 0 Å². The van der Waals surface area contributed by atoms with E-state index in [1.54, 1.807) is 23.4 Å². The van der Waals surface area contributed by atoms with Crippen molar-refractivity contribution in [2.24, 2.45) is 0 Å². The van der Waals surface area contributed by atoms with Gasteiger partial charge in [0, 0.05) is 51.4 Å². The second kappa shape index (κ2) is 10.5. The summed E-state index contributed by atoms with van der Waals surface area (Å²) in [7, 11) is 3.17. The minimum absolute atomic E-state index is 0.163. The van der Waals surface area contributed by atoms with Crippen LogP contribution >= 0.6 is 0 Å². The molecule has 9 heteroatoms. The number of pyridine rings is 1. The number of methoxy groups -OCH3 is 1. The molecule has 1 aliphatic rings. The van der Waals surface area contributed by atoms with Crippen LogP contribution in [-0.4, -0.2) is 64.4 Å². The Hall–Kier alpha value is -3.72. The fourth-order valence-corrected chi connectivity index (χ4v) is 4.15. The third-order valence-electron chi connectivity index (χ3n) is 6.07. The lowest BCUT2D eigenvalue weighted by Crippen LogP contribution is -2.32. The van der Waals surface area contributed by atoms with Crippen LogP contribution in [0.15, 0.2) is 51.9 Å². The number of benzene rings is 1. The maximum absolute atomic E-state index is 13.5. The Bertz CT molecular complexity index is 1230. The molecule has 0 unspecified atom stereocenters. The Labute approximate surface area is 198 Å². The third kappa shape index (κ3) is 5.09. The van der Waals surface area contributed by atoms with E-state index in [-0.39, 0.29) is 18.0 Å². The standard InChI is InChI=1S/C25H29N5O4/c1-18-20(27-34-26-18)17-28(2)25(32)24-21-11-13-29(12-7-10-19-8-5-4-6-9-19)14-15-30(21)23(31)16-22(24)33-3/h4-10,16H,11-15,17H2,1-3H3/b10-7+. The van der Waals surface area contributed by atoms with Gasteiger partial charge in [0.15, 0.2) is 0 Å². The zero-order chi connectivity index (χ0) is 24.1. The topological polar surface area (TPSA) is 93.7 Å². The van der Waals surface area contributed by atoms with Crippen molar-refractivity contribution in [1.82, 2.24) is 24.7 Å². The largest absolute Gasteiger partial charge is 0.496 e. The minimum Gasteiger partial charge on any atom is -0.496 e. The molecular formula is C25H29N5O4. The van der Waals surface area contributed by atoms with Gasteiger partial charge in [0.2, 0.25) is 0 Å². The molecule has 1 amide bonds. The van der Waals surface area contributed by atoms with E-state index in [2.05, 4.69) is 39.5 Å². The first-order chi connectivity index (χ1) is 16.5. The van der Waals surface area contributed by atoms with E-state index in [1.165, 1.54) is 13.2 Å². The molecule has 0 saturated carbocycles. The zero-order valence-corrected chi connectivity index (χ0v) is 19.7. The molecule has 3 heterocycles. The highest BCUT2D eigenvalue weighted by atomic mass is 16.6. The quantitative estimate of drug-likeness (QED) is 0.531. The number of aromatic nitrogens is 3. The average molecular weight is 464 g/mol. The second-order valence-electron chi connectivity index (χ2n) is 8.35. The Morgan fingerprint density at radius 2 is 2.00 bits per heavy atom. The van der Waals surface area contributed by atoms with Gasteiger partial charge in [-0.1, -0.05) is 52.8 Å². The first-order valence-electron chi connectivity index (χ1n) is 11.3. The Morgan fingerprint density at radius 1 is 1.21 bits per heavy atom. The highest BCUT2D eigenvalue weighted by Crippen LogP contribution is 2.25. The fourth-order valence-electron chi connectivity index (χ4n) is 4.15. The van der Waals surface area contributed by atoms with Crippen molar-refractivity contribution in [3.05, 3.63) is 81.0 Å². The van der Waals surface area contributed by atoms with Gasteiger partial charge in [0.05, 0.1) is 13.7 Å². The molecule has 0 N–H and O–H groups in total. The number of rotatable bonds is 7. The number of fused-ring (bicyclic) bond motifs is 1. The van der Waals surface area contributed by atoms with Crippen LogP contribution in [0, 0.1) is 6.92 Å². The molecule has 1 aliphatic heterocycles. The molecule has 0 fully saturated rings. The SMILES string of the molecule is COc1cc(=O)n2c(c1C(=O)N(C)Cc1nonc1C)CCN(C/C=C/c1ccccc1)CC2. The number of ether oxygens (including phenoxy) is 1. The van der Waals surface area contributed by atoms with Gasteiger partial charge in [-0.05, 0) is 12.5 Å². The van der Waals surface area contributed by atoms with E-state index in [0.29, 0.717) is 47.9 Å². The minimum atomic E-state index is -0.236. The molecule has 0 radical (unpaired) electrons. The molecule has 178 valence electrons. The number of nitrogens with zero attached hydrogens (tertiary/aromatic N) is 5. The molecule has 3 aromatic rings. The number of hydrogen-bond donors (Lipinski definition) is 0. The smallest absolute Gasteiger partial charge is 0.259 e. The summed E-state index contributed by atoms with van der Waals surface area (Å²) in [5.74, 6) is 0.0564. The van der Waals surface area contributed by atoms with Crippen LogP contribution in [0.5, 0.6) is 5.75 Å². The Kier molecular flexibility index (Phi) is 7.22. The van der Waals surface area contributed by atoms with E-state index in [1.807, 2.05) is 18.2 Å². The van der Waals surface area contributed by atoms with E-state index in [0.717, 1.165) is 18.7 Å². The third-order valence-corrected chi connectivity index (χ3v) is 6.07. The van der Waals surface area contributed by atoms with Crippen molar-refractivity contribution in [3.8, 4) is 5.75 Å². The monoisotopic (exact) mass is 463 g/mol. The molecule has 1 aromatic carbocycles. The normalized spacial score (nSPS) is 14.1. The lowest BCUT2D eigenvalue weighted by molar-refractivity contribution is 0.0776. The fraction of sp³-hybridized carbons (Fsp3) is 0.360. The molecule has 0 saturated heterocycles. The highest BCUT2D eigenvalue weighted by molar-refractivity contribution is 5.98. The highest BCUT2D eigenvalue weighted by Gasteiger charge is 2.27. The van der Waals surface area contributed by atoms with Gasteiger partial charge in [-0.2, -0.15) is 0 Å². The van der Waals surface area contributed by atoms with Crippen molar-refractivity contribution >= 4 is 12.0 Å². The second-order valence-corrected chi connectivity index (χ2v) is 8.35. The summed E-state index contributed by atoms with van der Waals surface area (Å²) < 4.78 is 11.9. The first kappa shape index (κ1) is 23.4. The summed E-state index contributed by atoms with van der Waals surface area (Å²) >= 11 is 0. The number of hydrogen-bond acceptors (Lipinski definition) is 7. The van der Waals surface area contributed by atoms with Crippen molar-refractivity contribution in [2.75, 3.05) is 33.8 Å². The summed E-state index contributed by atoms with van der Waals surface area (Å²) in [6, 6.07) is 11.5. The van der Waals surface area contributed by atoms with Gasteiger partial charge in [0.1, 0.15) is 22.7 Å². The molecule has 0 spiro atoms. The number of amides is 1. The Morgan fingerprint density at radius 3 is 2.71 bits per heavy atom. The van der Waals surface area contributed by atoms with Gasteiger partial charge in [-0.25, -0.2) is 4.63 Å². The van der Waals surface area contributed by atoms with Crippen LogP contribution in [0.3, 0.4) is 0 Å². The van der Waals surface area contributed by atoms with Crippen molar-refractivity contribution < 1.29 is 14.2 Å². The van der Waals surface area contributed by atoms with E-state index in [9.17, 15) is 9.59 Å². The maximum Gasteiger partial charge on any atom is 0.259 e. The molecular weight excluding hydrogens is 434 g/mol. The summed E-state index contributed by atoms with van der Waals surface area (Å²) in [5.41, 5.74) is 3.32. The Balaban J connectivity index is 1.55. The lowest BCUT2D eigenvalue weighted by atomic mass is 10.1. The van der Waals surface area contributed by atoms with E-state index >= 15 is 0 Å². The summed E-state index contributed by atoms with van der Waals surface area (Å²) in [5, 5.41) is 7.65. The van der Waals surface area contributed by atoms with Crippen molar-refractivity contribution in [2.45, 2.75) is 26.4 Å². The molecule has 0 atom stereocenters. The van der Waals surface area contributed by atoms with E-state index < -0.39 is 0 Å². The molecule has 9 nitrogen and oxygen atoms in total. The van der Waals surface area contributed by atoms with Crippen LogP contribution in [0.1, 0.15) is 33.0 Å². The van der Waals surface area contributed by atoms with Gasteiger partial charge in [-0.3, -0.25) is 14.5 Å². The summed E-state index contributed by atoms with van der Waals surface area (Å²) in [6.45, 7) is 4.73.